The Balaban J connectivity index is 0.000000139. The van der Waals surface area contributed by atoms with E-state index in [4.69, 9.17) is 42.7 Å². The number of non-ortho nitro benzene ring substituents is 1. The average molecular weight is 1700 g/mol. The van der Waals surface area contributed by atoms with Crippen LogP contribution in [0.5, 0.6) is 28.7 Å². The molecule has 124 heavy (non-hydrogen) atoms. The number of sulfonamides is 2. The second kappa shape index (κ2) is 33.1. The van der Waals surface area contributed by atoms with Crippen LogP contribution in [0.3, 0.4) is 0 Å². The molecule has 0 fully saturated rings. The molecule has 10 heterocycles. The van der Waals surface area contributed by atoms with E-state index < -0.39 is 83.3 Å². The predicted molar refractivity (Wildman–Crippen MR) is 442 cm³/mol. The van der Waals surface area contributed by atoms with E-state index in [-0.39, 0.29) is 83.6 Å². The number of para-hydroxylation sites is 3. The van der Waals surface area contributed by atoms with Gasteiger partial charge in [-0.05, 0) is 157 Å². The van der Waals surface area contributed by atoms with E-state index in [1.54, 1.807) is 148 Å². The van der Waals surface area contributed by atoms with Crippen molar-refractivity contribution in [3.8, 4) is 74.3 Å². The molecule has 0 amide bonds. The second-order valence-electron chi connectivity index (χ2n) is 28.0. The highest BCUT2D eigenvalue weighted by molar-refractivity contribution is 7.90. The number of nitro groups is 1. The van der Waals surface area contributed by atoms with E-state index in [1.807, 2.05) is 42.5 Å². The van der Waals surface area contributed by atoms with Crippen molar-refractivity contribution in [2.75, 3.05) is 14.2 Å². The summed E-state index contributed by atoms with van der Waals surface area (Å²) in [5.41, 5.74) is 11.6. The molecule has 15 aromatic rings. The highest BCUT2D eigenvalue weighted by atomic mass is 32.2. The number of nitrogens with one attached hydrogen (secondary N) is 3. The maximum absolute atomic E-state index is 14.0. The normalized spacial score (nSPS) is 14.6. The third-order valence-corrected chi connectivity index (χ3v) is 23.3. The monoisotopic (exact) mass is 1700 g/mol. The van der Waals surface area contributed by atoms with Crippen LogP contribution in [0.25, 0.3) is 71.9 Å². The van der Waals surface area contributed by atoms with Crippen LogP contribution in [0.2, 0.25) is 0 Å². The number of ether oxygens (including phenoxy) is 5. The van der Waals surface area contributed by atoms with Crippen LogP contribution in [0.1, 0.15) is 73.6 Å². The van der Waals surface area contributed by atoms with Crippen molar-refractivity contribution in [2.24, 2.45) is 5.73 Å². The molecule has 7 aromatic heterocycles. The minimum Gasteiger partial charge on any atom is -0.497 e. The molecular weight excluding hydrogens is 1640 g/mol. The number of fused-ring (bicyclic) bond motifs is 9. The number of pyridine rings is 3. The molecule has 0 radical (unpaired) electrons. The number of allylic oxidation sites excluding steroid dienone is 3. The standard InChI is InChI=1S/C33H24FN3O7S.C31H19FN4O7S.C25H17FN6O3/c1-18-14-20(17-36-31(18)34)24-15-19(8-13-26(24)42-3)28-25(16-35)32(37-45(39,40)22-11-9-21(41-2)10-12-22)44-30-23-6-4-5-7-27(23)43-33(38)29(28)30;1-17-14-20(16-34-29(17)32)18-6-8-19(9-7-18)26-24(15-33)30(35-44(40,41)22-12-10-21(11-13-22)36(38)39)43-28-23-4-2-3-5-25(23)42-31(37)27(26)28;1-12-10-15(11-28-22(12)26)13-6-8-14(9-7-13)18-19-21(16-4-2-3-5-17(16)34-25(19)33)35-23(27)20(18)24-29-31-32-30-24/h4-15,17,28,37H,1-3H3;2-14,16,26,35H,1H3;2-11,18H,27H2,1H3,(H,29,30,31,32). The molecule has 3 unspecified atom stereocenters. The van der Waals surface area contributed by atoms with Crippen LogP contribution in [0.4, 0.5) is 18.9 Å². The van der Waals surface area contributed by atoms with Crippen molar-refractivity contribution in [2.45, 2.75) is 48.3 Å². The van der Waals surface area contributed by atoms with Crippen molar-refractivity contribution in [1.82, 2.24) is 45.0 Å². The van der Waals surface area contributed by atoms with Gasteiger partial charge in [-0.2, -0.15) is 28.9 Å². The van der Waals surface area contributed by atoms with Crippen molar-refractivity contribution < 1.29 is 71.9 Å². The fraction of sp³-hybridized carbons (Fsp3) is 0.0899. The van der Waals surface area contributed by atoms with Gasteiger partial charge in [0.2, 0.25) is 35.4 Å². The average Bonchev–Trinajstić information content (AvgIpc) is 0.928. The number of aromatic amines is 1. The van der Waals surface area contributed by atoms with E-state index >= 15 is 0 Å². The van der Waals surface area contributed by atoms with Crippen molar-refractivity contribution >= 4 is 64.2 Å². The lowest BCUT2D eigenvalue weighted by molar-refractivity contribution is -0.384. The molecule has 8 aromatic carbocycles. The van der Waals surface area contributed by atoms with Crippen molar-refractivity contribution in [3.63, 3.8) is 0 Å². The van der Waals surface area contributed by atoms with Crippen molar-refractivity contribution in [1.29, 1.82) is 10.5 Å². The fourth-order valence-electron chi connectivity index (χ4n) is 14.6. The Morgan fingerprint density at radius 1 is 0.500 bits per heavy atom. The number of H-pyrrole nitrogens is 1. The van der Waals surface area contributed by atoms with Crippen LogP contribution < -0.4 is 55.7 Å². The Bertz CT molecular complexity index is 7530. The minimum absolute atomic E-state index is 0.00201. The molecule has 0 saturated carbocycles. The number of nitriles is 2. The minimum atomic E-state index is -4.41. The number of nitrogens with two attached hydrogens (primary N) is 1. The number of benzene rings is 8. The molecular formula is C89H60F3N13O17S2. The van der Waals surface area contributed by atoms with Gasteiger partial charge in [0.15, 0.2) is 23.1 Å². The number of aryl methyl sites for hydroxylation is 3. The second-order valence-corrected chi connectivity index (χ2v) is 31.4. The summed E-state index contributed by atoms with van der Waals surface area (Å²) in [5, 5.41) is 47.4. The lowest BCUT2D eigenvalue weighted by Gasteiger charge is -2.28. The molecule has 5 N–H and O–H groups in total. The molecule has 35 heteroatoms. The number of hydrogen-bond donors (Lipinski definition) is 4. The Kier molecular flexibility index (Phi) is 21.7. The molecule has 0 bridgehead atoms. The van der Waals surface area contributed by atoms with E-state index in [9.17, 15) is 65.0 Å². The molecule has 0 spiro atoms. The van der Waals surface area contributed by atoms with Crippen LogP contribution in [0, 0.1) is 71.4 Å². The highest BCUT2D eigenvalue weighted by Crippen LogP contribution is 2.50. The molecule has 0 saturated heterocycles. The Morgan fingerprint density at radius 2 is 0.903 bits per heavy atom. The predicted octanol–water partition coefficient (Wildman–Crippen LogP) is 14.7. The molecule has 30 nitrogen and oxygen atoms in total. The van der Waals surface area contributed by atoms with E-state index in [0.29, 0.717) is 94.6 Å². The summed E-state index contributed by atoms with van der Waals surface area (Å²) < 4.78 is 145. The van der Waals surface area contributed by atoms with Gasteiger partial charge in [0.25, 0.3) is 25.7 Å². The van der Waals surface area contributed by atoms with Gasteiger partial charge in [-0.1, -0.05) is 91.0 Å². The fourth-order valence-corrected chi connectivity index (χ4v) is 16.6. The largest absolute Gasteiger partial charge is 0.497 e. The molecule has 18 rings (SSSR count). The lowest BCUT2D eigenvalue weighted by Crippen LogP contribution is -2.33. The first-order valence-corrected chi connectivity index (χ1v) is 40.1. The maximum Gasteiger partial charge on any atom is 0.344 e. The first-order valence-electron chi connectivity index (χ1n) is 37.2. The molecule has 3 aliphatic heterocycles. The van der Waals surface area contributed by atoms with E-state index in [2.05, 4.69) is 45.0 Å². The molecule has 3 aliphatic rings. The van der Waals surface area contributed by atoms with Gasteiger partial charge in [0.05, 0.1) is 85.1 Å². The summed E-state index contributed by atoms with van der Waals surface area (Å²) in [6, 6.07) is 58.2. The maximum atomic E-state index is 14.0. The third-order valence-electron chi connectivity index (χ3n) is 20.6. The number of rotatable bonds is 16. The van der Waals surface area contributed by atoms with Gasteiger partial charge in [0, 0.05) is 69.7 Å². The highest BCUT2D eigenvalue weighted by Gasteiger charge is 2.42. The summed E-state index contributed by atoms with van der Waals surface area (Å²) in [4.78, 5) is 61.5. The number of methoxy groups -OCH3 is 2. The zero-order valence-electron chi connectivity index (χ0n) is 65.1. The quantitative estimate of drug-likeness (QED) is 0.0302. The van der Waals surface area contributed by atoms with Gasteiger partial charge in [-0.15, -0.1) is 10.2 Å². The molecule has 616 valence electrons. The number of nitro benzene ring substituents is 1. The number of hydrogen-bond acceptors (Lipinski definition) is 26. The smallest absolute Gasteiger partial charge is 0.344 e. The molecule has 0 aliphatic carbocycles. The third kappa shape index (κ3) is 15.4. The summed E-state index contributed by atoms with van der Waals surface area (Å²) >= 11 is 0. The summed E-state index contributed by atoms with van der Waals surface area (Å²) in [7, 11) is -5.76. The van der Waals surface area contributed by atoms with E-state index in [1.165, 1.54) is 57.1 Å². The van der Waals surface area contributed by atoms with Crippen LogP contribution >= 0.6 is 0 Å². The first-order chi connectivity index (χ1) is 59.7. The van der Waals surface area contributed by atoms with Gasteiger partial charge in [-0.25, -0.2) is 55.6 Å². The van der Waals surface area contributed by atoms with Gasteiger partial charge in [0.1, 0.15) is 51.5 Å². The van der Waals surface area contributed by atoms with Gasteiger partial charge in [-0.3, -0.25) is 10.1 Å². The van der Waals surface area contributed by atoms with Gasteiger partial charge >= 0.3 is 16.9 Å². The molecule has 3 atom stereocenters. The number of tetrazole rings is 1. The number of nitrogens with zero attached hydrogens (tertiary/aromatic N) is 9. The van der Waals surface area contributed by atoms with Crippen molar-refractivity contribution in [3.05, 3.63) is 369 Å². The Morgan fingerprint density at radius 3 is 1.32 bits per heavy atom. The van der Waals surface area contributed by atoms with Crippen LogP contribution in [0.15, 0.2) is 291 Å². The summed E-state index contributed by atoms with van der Waals surface area (Å²) in [5.74, 6) is -3.96. The number of halogens is 3. The number of aromatic nitrogens is 7. The Labute approximate surface area is 699 Å². The van der Waals surface area contributed by atoms with Gasteiger partial charge < -0.3 is 42.7 Å². The Hall–Kier alpha value is -16.4. The zero-order valence-corrected chi connectivity index (χ0v) is 66.7. The summed E-state index contributed by atoms with van der Waals surface area (Å²) in [6.07, 6.45) is 4.21. The lowest BCUT2D eigenvalue weighted by atomic mass is 9.82. The summed E-state index contributed by atoms with van der Waals surface area (Å²) in [6.45, 7) is 4.82. The SMILES string of the molecule is COc1ccc(S(=O)(=O)NC2=C(C#N)C(c3ccc(OC)c(-c4cnc(F)c(C)c4)c3)c3c(c4ccccc4oc3=O)O2)cc1.Cc1cc(-c2ccc(C3C(C#N)=C(NS(=O)(=O)c4ccc([N+](=O)[O-])cc4)Oc4c3c(=O)oc3ccccc43)cc2)cnc1F.Cc1cc(-c2ccc(C3C(c4nn[nH]n4)=C(N)Oc4c3c(=O)oc3ccccc43)cc2)cnc1F. The zero-order chi connectivity index (χ0) is 87.2. The van der Waals surface area contributed by atoms with Crippen LogP contribution in [-0.4, -0.2) is 71.6 Å². The van der Waals surface area contributed by atoms with Crippen LogP contribution in [-0.2, 0) is 20.0 Å². The topological polar surface area (TPSA) is 439 Å². The first kappa shape index (κ1) is 81.3. The van der Waals surface area contributed by atoms with E-state index in [0.717, 1.165) is 41.0 Å².